The van der Waals surface area contributed by atoms with Crippen molar-refractivity contribution >= 4 is 0 Å². The Kier molecular flexibility index (Phi) is 3.20. The van der Waals surface area contributed by atoms with Gasteiger partial charge in [0.2, 0.25) is 5.75 Å². The highest BCUT2D eigenvalue weighted by molar-refractivity contribution is 5.50. The Morgan fingerprint density at radius 3 is 2.77 bits per heavy atom. The van der Waals surface area contributed by atoms with Crippen molar-refractivity contribution in [3.05, 3.63) is 30.5 Å². The first kappa shape index (κ1) is 9.45. The molecular weight excluding hydrogens is 168 g/mol. The van der Waals surface area contributed by atoms with Crippen LogP contribution in [0.2, 0.25) is 0 Å². The fraction of sp³-hybridized carbons (Fsp3) is 0.200. The van der Waals surface area contributed by atoms with Gasteiger partial charge in [-0.25, -0.2) is 0 Å². The van der Waals surface area contributed by atoms with Gasteiger partial charge in [0.1, 0.15) is 0 Å². The van der Waals surface area contributed by atoms with E-state index in [1.807, 2.05) is 6.92 Å². The van der Waals surface area contributed by atoms with Crippen molar-refractivity contribution in [1.29, 1.82) is 0 Å². The lowest BCUT2D eigenvalue weighted by Crippen LogP contribution is -1.89. The van der Waals surface area contributed by atoms with Crippen LogP contribution in [0.5, 0.6) is 17.2 Å². The summed E-state index contributed by atoms with van der Waals surface area (Å²) in [5.41, 5.74) is 0. The molecule has 0 saturated carbocycles. The fourth-order valence-corrected chi connectivity index (χ4v) is 0.920. The molecule has 0 aliphatic rings. The zero-order valence-corrected chi connectivity index (χ0v) is 7.65. The van der Waals surface area contributed by atoms with Crippen LogP contribution in [0.25, 0.3) is 0 Å². The second-order valence-electron chi connectivity index (χ2n) is 2.40. The maximum atomic E-state index is 9.41. The van der Waals surface area contributed by atoms with Gasteiger partial charge in [-0.1, -0.05) is 12.1 Å². The lowest BCUT2D eigenvalue weighted by Gasteiger charge is -2.07. The SMILES string of the molecule is C/C=C\Oc1c(O)cccc1OC. The summed E-state index contributed by atoms with van der Waals surface area (Å²) in [7, 11) is 1.53. The largest absolute Gasteiger partial charge is 0.504 e. The quantitative estimate of drug-likeness (QED) is 0.725. The van der Waals surface area contributed by atoms with Crippen LogP contribution in [0, 0.1) is 0 Å². The molecule has 70 valence electrons. The van der Waals surface area contributed by atoms with Gasteiger partial charge in [0.25, 0.3) is 0 Å². The van der Waals surface area contributed by atoms with E-state index < -0.39 is 0 Å². The number of benzene rings is 1. The summed E-state index contributed by atoms with van der Waals surface area (Å²) < 4.78 is 10.2. The Labute approximate surface area is 77.2 Å². The lowest BCUT2D eigenvalue weighted by atomic mass is 10.3. The van der Waals surface area contributed by atoms with Gasteiger partial charge in [0, 0.05) is 0 Å². The van der Waals surface area contributed by atoms with Crippen LogP contribution in [0.1, 0.15) is 6.92 Å². The third-order valence-corrected chi connectivity index (χ3v) is 1.50. The van der Waals surface area contributed by atoms with E-state index >= 15 is 0 Å². The maximum Gasteiger partial charge on any atom is 0.209 e. The highest BCUT2D eigenvalue weighted by Gasteiger charge is 2.07. The first-order valence-electron chi connectivity index (χ1n) is 3.93. The number of phenolic OH excluding ortho intramolecular Hbond substituents is 1. The summed E-state index contributed by atoms with van der Waals surface area (Å²) in [5.74, 6) is 0.915. The molecule has 1 N–H and O–H groups in total. The molecule has 0 aliphatic carbocycles. The van der Waals surface area contributed by atoms with Gasteiger partial charge in [-0.3, -0.25) is 0 Å². The van der Waals surface area contributed by atoms with Crippen LogP contribution >= 0.6 is 0 Å². The average Bonchev–Trinajstić information content (AvgIpc) is 2.15. The molecule has 0 bridgehead atoms. The number of aromatic hydroxyl groups is 1. The van der Waals surface area contributed by atoms with Crippen molar-refractivity contribution in [2.75, 3.05) is 7.11 Å². The molecule has 1 aromatic carbocycles. The van der Waals surface area contributed by atoms with Gasteiger partial charge in [-0.15, -0.1) is 0 Å². The molecule has 0 atom stereocenters. The summed E-state index contributed by atoms with van der Waals surface area (Å²) in [6.07, 6.45) is 3.21. The average molecular weight is 180 g/mol. The number of para-hydroxylation sites is 1. The smallest absolute Gasteiger partial charge is 0.209 e. The van der Waals surface area contributed by atoms with E-state index in [2.05, 4.69) is 0 Å². The Bertz CT molecular complexity index is 305. The predicted molar refractivity (Wildman–Crippen MR) is 50.1 cm³/mol. The highest BCUT2D eigenvalue weighted by atomic mass is 16.5. The molecule has 0 heterocycles. The van der Waals surface area contributed by atoms with Crippen molar-refractivity contribution in [3.8, 4) is 17.2 Å². The molecule has 13 heavy (non-hydrogen) atoms. The molecule has 0 radical (unpaired) electrons. The zero-order chi connectivity index (χ0) is 9.68. The normalized spacial score (nSPS) is 10.3. The van der Waals surface area contributed by atoms with Crippen LogP contribution < -0.4 is 9.47 Å². The second-order valence-corrected chi connectivity index (χ2v) is 2.40. The summed E-state index contributed by atoms with van der Waals surface area (Å²) in [5, 5.41) is 9.41. The number of rotatable bonds is 3. The van der Waals surface area contributed by atoms with Gasteiger partial charge >= 0.3 is 0 Å². The van der Waals surface area contributed by atoms with E-state index in [0.717, 1.165) is 0 Å². The molecule has 0 aromatic heterocycles. The third kappa shape index (κ3) is 2.15. The van der Waals surface area contributed by atoms with Crippen LogP contribution in [-0.2, 0) is 0 Å². The fourth-order valence-electron chi connectivity index (χ4n) is 0.920. The topological polar surface area (TPSA) is 38.7 Å². The molecule has 3 nitrogen and oxygen atoms in total. The second kappa shape index (κ2) is 4.40. The minimum atomic E-state index is 0.0671. The zero-order valence-electron chi connectivity index (χ0n) is 7.65. The van der Waals surface area contributed by atoms with Crippen molar-refractivity contribution in [1.82, 2.24) is 0 Å². The minimum Gasteiger partial charge on any atom is -0.504 e. The van der Waals surface area contributed by atoms with E-state index in [-0.39, 0.29) is 5.75 Å². The Balaban J connectivity index is 3.00. The van der Waals surface area contributed by atoms with Crippen molar-refractivity contribution in [2.24, 2.45) is 0 Å². The molecule has 1 rings (SSSR count). The Morgan fingerprint density at radius 1 is 1.38 bits per heavy atom. The van der Waals surface area contributed by atoms with E-state index in [1.54, 1.807) is 24.3 Å². The monoisotopic (exact) mass is 180 g/mol. The third-order valence-electron chi connectivity index (χ3n) is 1.50. The maximum absolute atomic E-state index is 9.41. The first-order chi connectivity index (χ1) is 6.29. The Hall–Kier alpha value is -1.64. The van der Waals surface area contributed by atoms with Gasteiger partial charge in [0.15, 0.2) is 11.5 Å². The summed E-state index contributed by atoms with van der Waals surface area (Å²) in [4.78, 5) is 0. The highest BCUT2D eigenvalue weighted by Crippen LogP contribution is 2.35. The van der Waals surface area contributed by atoms with E-state index in [1.165, 1.54) is 13.4 Å². The number of hydrogen-bond acceptors (Lipinski definition) is 3. The number of methoxy groups -OCH3 is 1. The van der Waals surface area contributed by atoms with Gasteiger partial charge in [-0.2, -0.15) is 0 Å². The van der Waals surface area contributed by atoms with Gasteiger partial charge in [0.05, 0.1) is 13.4 Å². The van der Waals surface area contributed by atoms with Crippen LogP contribution in [0.4, 0.5) is 0 Å². The van der Waals surface area contributed by atoms with Crippen LogP contribution in [0.3, 0.4) is 0 Å². The molecule has 3 heteroatoms. The van der Waals surface area contributed by atoms with E-state index in [0.29, 0.717) is 11.5 Å². The number of hydrogen-bond donors (Lipinski definition) is 1. The van der Waals surface area contributed by atoms with E-state index in [4.69, 9.17) is 9.47 Å². The van der Waals surface area contributed by atoms with Gasteiger partial charge < -0.3 is 14.6 Å². The standard InChI is InChI=1S/C10H12O3/c1-3-7-13-10-8(11)5-4-6-9(10)12-2/h3-7,11H,1-2H3/b7-3-. The summed E-state index contributed by atoms with van der Waals surface area (Å²) in [6, 6.07) is 4.95. The van der Waals surface area contributed by atoms with E-state index in [9.17, 15) is 5.11 Å². The van der Waals surface area contributed by atoms with Crippen LogP contribution in [-0.4, -0.2) is 12.2 Å². The molecule has 0 fully saturated rings. The van der Waals surface area contributed by atoms with Crippen LogP contribution in [0.15, 0.2) is 30.5 Å². The van der Waals surface area contributed by atoms with Gasteiger partial charge in [-0.05, 0) is 19.1 Å². The molecule has 0 saturated heterocycles. The Morgan fingerprint density at radius 2 is 2.15 bits per heavy atom. The van der Waals surface area contributed by atoms with Crippen molar-refractivity contribution in [3.63, 3.8) is 0 Å². The number of phenols is 1. The minimum absolute atomic E-state index is 0.0671. The lowest BCUT2D eigenvalue weighted by molar-refractivity contribution is 0.357. The number of allylic oxidation sites excluding steroid dienone is 1. The molecule has 0 unspecified atom stereocenters. The number of ether oxygens (including phenoxy) is 2. The molecular formula is C10H12O3. The molecule has 0 amide bonds. The van der Waals surface area contributed by atoms with Crippen molar-refractivity contribution in [2.45, 2.75) is 6.92 Å². The molecule has 0 spiro atoms. The van der Waals surface area contributed by atoms with Crippen molar-refractivity contribution < 1.29 is 14.6 Å². The predicted octanol–water partition coefficient (Wildman–Crippen LogP) is 2.31. The first-order valence-corrected chi connectivity index (χ1v) is 3.93. The molecule has 0 aliphatic heterocycles. The molecule has 1 aromatic rings. The summed E-state index contributed by atoms with van der Waals surface area (Å²) in [6.45, 7) is 1.83. The summed E-state index contributed by atoms with van der Waals surface area (Å²) >= 11 is 0.